The highest BCUT2D eigenvalue weighted by molar-refractivity contribution is 5.75. The van der Waals surface area contributed by atoms with Crippen molar-refractivity contribution in [3.63, 3.8) is 0 Å². The number of amides is 1. The van der Waals surface area contributed by atoms with Gasteiger partial charge in [0.2, 0.25) is 5.91 Å². The summed E-state index contributed by atoms with van der Waals surface area (Å²) in [6, 6.07) is 7.22. The van der Waals surface area contributed by atoms with Crippen molar-refractivity contribution in [2.24, 2.45) is 0 Å². The van der Waals surface area contributed by atoms with E-state index in [1.54, 1.807) is 12.1 Å². The van der Waals surface area contributed by atoms with E-state index in [1.165, 1.54) is 0 Å². The first-order valence-corrected chi connectivity index (χ1v) is 6.47. The summed E-state index contributed by atoms with van der Waals surface area (Å²) >= 11 is 0. The van der Waals surface area contributed by atoms with E-state index in [9.17, 15) is 4.79 Å². The van der Waals surface area contributed by atoms with E-state index in [2.05, 4.69) is 12.2 Å². The second-order valence-corrected chi connectivity index (χ2v) is 4.22. The largest absolute Gasteiger partial charge is 0.492 e. The molecule has 1 amide bonds. The molecule has 0 aliphatic heterocycles. The van der Waals surface area contributed by atoms with Crippen molar-refractivity contribution in [1.82, 2.24) is 5.32 Å². The number of benzene rings is 1. The van der Waals surface area contributed by atoms with Crippen LogP contribution in [0.4, 0.5) is 5.69 Å². The number of anilines is 1. The Bertz CT molecular complexity index is 349. The molecular formula is C14H22N2O2. The number of ether oxygens (including phenoxy) is 1. The number of nitrogens with two attached hydrogens (primary N) is 1. The van der Waals surface area contributed by atoms with Crippen LogP contribution in [0.3, 0.4) is 0 Å². The molecule has 0 saturated carbocycles. The van der Waals surface area contributed by atoms with Gasteiger partial charge in [-0.1, -0.05) is 19.8 Å². The molecular weight excluding hydrogens is 228 g/mol. The Hall–Kier alpha value is -1.71. The zero-order valence-electron chi connectivity index (χ0n) is 10.9. The summed E-state index contributed by atoms with van der Waals surface area (Å²) < 4.78 is 5.47. The third-order valence-electron chi connectivity index (χ3n) is 2.58. The van der Waals surface area contributed by atoms with Crippen LogP contribution in [-0.4, -0.2) is 19.1 Å². The van der Waals surface area contributed by atoms with Gasteiger partial charge in [-0.25, -0.2) is 0 Å². The second-order valence-electron chi connectivity index (χ2n) is 4.22. The lowest BCUT2D eigenvalue weighted by atomic mass is 10.2. The number of carbonyl (C=O) groups is 1. The number of unbranched alkanes of at least 4 members (excludes halogenated alkanes) is 2. The first kappa shape index (κ1) is 14.4. The van der Waals surface area contributed by atoms with Crippen molar-refractivity contribution in [3.8, 4) is 5.75 Å². The van der Waals surface area contributed by atoms with E-state index >= 15 is 0 Å². The lowest BCUT2D eigenvalue weighted by Gasteiger charge is -2.07. The van der Waals surface area contributed by atoms with Gasteiger partial charge < -0.3 is 15.8 Å². The molecule has 0 aliphatic carbocycles. The molecule has 0 aliphatic rings. The van der Waals surface area contributed by atoms with Crippen LogP contribution in [-0.2, 0) is 4.79 Å². The van der Waals surface area contributed by atoms with Crippen LogP contribution < -0.4 is 15.8 Å². The first-order valence-electron chi connectivity index (χ1n) is 6.47. The van der Waals surface area contributed by atoms with Gasteiger partial charge in [-0.3, -0.25) is 4.79 Å². The van der Waals surface area contributed by atoms with Crippen LogP contribution in [0.25, 0.3) is 0 Å². The Labute approximate surface area is 109 Å². The highest BCUT2D eigenvalue weighted by Gasteiger charge is 2.00. The minimum Gasteiger partial charge on any atom is -0.492 e. The van der Waals surface area contributed by atoms with Gasteiger partial charge in [0.05, 0.1) is 6.54 Å². The van der Waals surface area contributed by atoms with Crippen molar-refractivity contribution in [2.45, 2.75) is 32.6 Å². The maximum Gasteiger partial charge on any atom is 0.220 e. The molecule has 0 saturated heterocycles. The Morgan fingerprint density at radius 3 is 2.67 bits per heavy atom. The highest BCUT2D eigenvalue weighted by Crippen LogP contribution is 2.12. The number of hydrogen-bond acceptors (Lipinski definition) is 3. The number of carbonyl (C=O) groups excluding carboxylic acids is 1. The van der Waals surface area contributed by atoms with Gasteiger partial charge in [0.15, 0.2) is 0 Å². The van der Waals surface area contributed by atoms with Crippen LogP contribution in [0.1, 0.15) is 32.6 Å². The quantitative estimate of drug-likeness (QED) is 0.550. The molecule has 0 heterocycles. The second kappa shape index (κ2) is 8.39. The maximum absolute atomic E-state index is 11.4. The Morgan fingerprint density at radius 2 is 2.00 bits per heavy atom. The average molecular weight is 250 g/mol. The predicted molar refractivity (Wildman–Crippen MR) is 73.5 cm³/mol. The monoisotopic (exact) mass is 250 g/mol. The Balaban J connectivity index is 2.07. The summed E-state index contributed by atoms with van der Waals surface area (Å²) in [5.74, 6) is 0.869. The van der Waals surface area contributed by atoms with Gasteiger partial charge in [-0.05, 0) is 30.7 Å². The highest BCUT2D eigenvalue weighted by atomic mass is 16.5. The number of nitrogens with one attached hydrogen (secondary N) is 1. The minimum absolute atomic E-state index is 0.101. The molecule has 1 aromatic rings. The van der Waals surface area contributed by atoms with E-state index in [0.29, 0.717) is 25.3 Å². The zero-order valence-corrected chi connectivity index (χ0v) is 10.9. The Morgan fingerprint density at radius 1 is 1.28 bits per heavy atom. The molecule has 1 aromatic carbocycles. The normalized spacial score (nSPS) is 10.1. The SMILES string of the molecule is CCCCCC(=O)NCCOc1ccc(N)cc1. The van der Waals surface area contributed by atoms with E-state index in [0.717, 1.165) is 25.0 Å². The molecule has 0 bridgehead atoms. The number of rotatable bonds is 8. The molecule has 0 radical (unpaired) electrons. The van der Waals surface area contributed by atoms with E-state index in [1.807, 2.05) is 12.1 Å². The van der Waals surface area contributed by atoms with Gasteiger partial charge in [0.25, 0.3) is 0 Å². The van der Waals surface area contributed by atoms with E-state index < -0.39 is 0 Å². The summed E-state index contributed by atoms with van der Waals surface area (Å²) in [4.78, 5) is 11.4. The summed E-state index contributed by atoms with van der Waals surface area (Å²) in [6.45, 7) is 3.14. The van der Waals surface area contributed by atoms with Gasteiger partial charge in [-0.15, -0.1) is 0 Å². The summed E-state index contributed by atoms with van der Waals surface area (Å²) in [5.41, 5.74) is 6.28. The molecule has 4 heteroatoms. The maximum atomic E-state index is 11.4. The van der Waals surface area contributed by atoms with E-state index in [4.69, 9.17) is 10.5 Å². The smallest absolute Gasteiger partial charge is 0.220 e. The molecule has 1 rings (SSSR count). The van der Waals surface area contributed by atoms with Crippen molar-refractivity contribution in [3.05, 3.63) is 24.3 Å². The summed E-state index contributed by atoms with van der Waals surface area (Å²) in [5, 5.41) is 2.83. The molecule has 0 unspecified atom stereocenters. The predicted octanol–water partition coefficient (Wildman–Crippen LogP) is 2.34. The fourth-order valence-electron chi connectivity index (χ4n) is 1.55. The first-order chi connectivity index (χ1) is 8.72. The lowest BCUT2D eigenvalue weighted by Crippen LogP contribution is -2.27. The van der Waals surface area contributed by atoms with Crippen LogP contribution in [0.2, 0.25) is 0 Å². The van der Waals surface area contributed by atoms with Gasteiger partial charge in [0.1, 0.15) is 12.4 Å². The molecule has 0 spiro atoms. The minimum atomic E-state index is 0.101. The summed E-state index contributed by atoms with van der Waals surface area (Å²) in [6.07, 6.45) is 3.81. The van der Waals surface area contributed by atoms with Crippen LogP contribution >= 0.6 is 0 Å². The average Bonchev–Trinajstić information content (AvgIpc) is 2.37. The third-order valence-corrected chi connectivity index (χ3v) is 2.58. The lowest BCUT2D eigenvalue weighted by molar-refractivity contribution is -0.121. The van der Waals surface area contributed by atoms with Crippen molar-refractivity contribution >= 4 is 11.6 Å². The molecule has 100 valence electrons. The number of hydrogen-bond donors (Lipinski definition) is 2. The van der Waals surface area contributed by atoms with Gasteiger partial charge in [-0.2, -0.15) is 0 Å². The van der Waals surface area contributed by atoms with Gasteiger partial charge in [0, 0.05) is 12.1 Å². The summed E-state index contributed by atoms with van der Waals surface area (Å²) in [7, 11) is 0. The molecule has 18 heavy (non-hydrogen) atoms. The standard InChI is InChI=1S/C14H22N2O2/c1-2-3-4-5-14(17)16-10-11-18-13-8-6-12(15)7-9-13/h6-9H,2-5,10-11,15H2,1H3,(H,16,17). The molecule has 4 nitrogen and oxygen atoms in total. The topological polar surface area (TPSA) is 64.3 Å². The van der Waals surface area contributed by atoms with E-state index in [-0.39, 0.29) is 5.91 Å². The molecule has 0 aromatic heterocycles. The van der Waals surface area contributed by atoms with Crippen LogP contribution in [0.5, 0.6) is 5.75 Å². The van der Waals surface area contributed by atoms with Crippen molar-refractivity contribution in [2.75, 3.05) is 18.9 Å². The van der Waals surface area contributed by atoms with Crippen molar-refractivity contribution < 1.29 is 9.53 Å². The molecule has 3 N–H and O–H groups in total. The fraction of sp³-hybridized carbons (Fsp3) is 0.500. The zero-order chi connectivity index (χ0) is 13.2. The van der Waals surface area contributed by atoms with Crippen LogP contribution in [0.15, 0.2) is 24.3 Å². The Kier molecular flexibility index (Phi) is 6.69. The van der Waals surface area contributed by atoms with Crippen molar-refractivity contribution in [1.29, 1.82) is 0 Å². The fourth-order valence-corrected chi connectivity index (χ4v) is 1.55. The number of nitrogen functional groups attached to an aromatic ring is 1. The molecule has 0 atom stereocenters. The third kappa shape index (κ3) is 6.13. The van der Waals surface area contributed by atoms with Gasteiger partial charge >= 0.3 is 0 Å². The molecule has 0 fully saturated rings. The van der Waals surface area contributed by atoms with Crippen LogP contribution in [0, 0.1) is 0 Å².